The van der Waals surface area contributed by atoms with Crippen molar-refractivity contribution in [2.24, 2.45) is 0 Å². The molecule has 1 aromatic heterocycles. The molecule has 10 aromatic rings. The van der Waals surface area contributed by atoms with Crippen LogP contribution in [0.15, 0.2) is 237 Å². The topological polar surface area (TPSA) is 19.4 Å². The summed E-state index contributed by atoms with van der Waals surface area (Å²) < 4.78 is 0. The van der Waals surface area contributed by atoms with E-state index in [2.05, 4.69) is 253 Å². The van der Waals surface area contributed by atoms with E-state index < -0.39 is 0 Å². The average molecular weight is 860 g/mol. The Morgan fingerprint density at radius 1 is 0.343 bits per heavy atom. The molecule has 0 saturated heterocycles. The Bertz CT molecular complexity index is 3380. The third kappa shape index (κ3) is 7.30. The first-order chi connectivity index (χ1) is 33.0. The highest BCUT2D eigenvalue weighted by atomic mass is 15.1. The molecule has 0 saturated carbocycles. The van der Waals surface area contributed by atoms with Gasteiger partial charge >= 0.3 is 0 Å². The van der Waals surface area contributed by atoms with E-state index >= 15 is 0 Å². The van der Waals surface area contributed by atoms with Gasteiger partial charge in [-0.05, 0) is 179 Å². The minimum absolute atomic E-state index is 0.111. The van der Waals surface area contributed by atoms with Crippen molar-refractivity contribution in [2.75, 3.05) is 9.80 Å². The Kier molecular flexibility index (Phi) is 9.99. The van der Waals surface area contributed by atoms with Crippen molar-refractivity contribution >= 4 is 34.1 Å². The van der Waals surface area contributed by atoms with Crippen molar-refractivity contribution in [3.05, 3.63) is 270 Å². The van der Waals surface area contributed by atoms with Crippen molar-refractivity contribution in [3.63, 3.8) is 0 Å². The minimum atomic E-state index is -0.111. The molecular formula is C64H49N3. The largest absolute Gasteiger partial charge is 0.311 e. The number of benzene rings is 9. The van der Waals surface area contributed by atoms with Gasteiger partial charge in [0, 0.05) is 51.3 Å². The van der Waals surface area contributed by atoms with Crippen molar-refractivity contribution in [1.82, 2.24) is 4.98 Å². The van der Waals surface area contributed by atoms with E-state index in [9.17, 15) is 0 Å². The first kappa shape index (κ1) is 40.3. The van der Waals surface area contributed by atoms with Crippen LogP contribution in [0.5, 0.6) is 0 Å². The molecule has 1 atom stereocenters. The molecule has 0 bridgehead atoms. The average Bonchev–Trinajstić information content (AvgIpc) is 3.90. The van der Waals surface area contributed by atoms with Crippen molar-refractivity contribution in [3.8, 4) is 44.6 Å². The maximum absolute atomic E-state index is 4.68. The molecule has 12 rings (SSSR count). The SMILES string of the molecule is Cc1ccc(N(c2ccccc2)c2ccc(-c3ccc(N(c4ccccc4)c4ccc(-c5ccc6c(c5)C5(Cc7ccc(-c8ccccn8)cc7C5)c5cc(C)ccc5-6)cc4)cc3)cc2)cc1. The van der Waals surface area contributed by atoms with E-state index in [0.29, 0.717) is 0 Å². The predicted octanol–water partition coefficient (Wildman–Crippen LogP) is 16.7. The van der Waals surface area contributed by atoms with Crippen molar-refractivity contribution in [1.29, 1.82) is 0 Å². The fourth-order valence-corrected chi connectivity index (χ4v) is 10.7. The summed E-state index contributed by atoms with van der Waals surface area (Å²) in [6.07, 6.45) is 3.86. The van der Waals surface area contributed by atoms with Gasteiger partial charge in [-0.2, -0.15) is 0 Å². The van der Waals surface area contributed by atoms with Crippen LogP contribution < -0.4 is 9.80 Å². The lowest BCUT2D eigenvalue weighted by Crippen LogP contribution is -2.26. The zero-order valence-electron chi connectivity index (χ0n) is 37.8. The number of hydrogen-bond acceptors (Lipinski definition) is 3. The predicted molar refractivity (Wildman–Crippen MR) is 279 cm³/mol. The fourth-order valence-electron chi connectivity index (χ4n) is 10.7. The summed E-state index contributed by atoms with van der Waals surface area (Å²) >= 11 is 0. The van der Waals surface area contributed by atoms with Crippen LogP contribution in [0.3, 0.4) is 0 Å². The Balaban J connectivity index is 0.843. The maximum atomic E-state index is 4.68. The monoisotopic (exact) mass is 859 g/mol. The van der Waals surface area contributed by atoms with Crippen molar-refractivity contribution < 1.29 is 0 Å². The molecule has 2 aliphatic rings. The third-order valence-corrected chi connectivity index (χ3v) is 14.0. The second-order valence-electron chi connectivity index (χ2n) is 18.3. The van der Waals surface area contributed by atoms with E-state index in [0.717, 1.165) is 52.7 Å². The summed E-state index contributed by atoms with van der Waals surface area (Å²) in [5.74, 6) is 0. The maximum Gasteiger partial charge on any atom is 0.0702 e. The number of fused-ring (bicyclic) bond motifs is 6. The molecule has 3 heteroatoms. The number of aryl methyl sites for hydroxylation is 2. The quantitative estimate of drug-likeness (QED) is 0.144. The second kappa shape index (κ2) is 16.6. The van der Waals surface area contributed by atoms with Crippen LogP contribution in [0.25, 0.3) is 44.6 Å². The van der Waals surface area contributed by atoms with Gasteiger partial charge in [0.05, 0.1) is 5.69 Å². The second-order valence-corrected chi connectivity index (χ2v) is 18.3. The van der Waals surface area contributed by atoms with E-state index in [1.807, 2.05) is 12.3 Å². The molecule has 0 amide bonds. The first-order valence-electron chi connectivity index (χ1n) is 23.3. The van der Waals surface area contributed by atoms with Crippen LogP contribution in [-0.2, 0) is 18.3 Å². The Labute approximate surface area is 393 Å². The van der Waals surface area contributed by atoms with Gasteiger partial charge in [-0.1, -0.05) is 145 Å². The molecule has 1 unspecified atom stereocenters. The fraction of sp³-hybridized carbons (Fsp3) is 0.0781. The molecule has 0 aliphatic heterocycles. The number of pyridine rings is 1. The van der Waals surface area contributed by atoms with Crippen LogP contribution in [0, 0.1) is 13.8 Å². The lowest BCUT2D eigenvalue weighted by atomic mass is 9.75. The molecule has 1 heterocycles. The number of nitrogens with zero attached hydrogens (tertiary/aromatic N) is 3. The van der Waals surface area contributed by atoms with Crippen LogP contribution in [0.4, 0.5) is 34.1 Å². The van der Waals surface area contributed by atoms with E-state index in [1.54, 1.807) is 0 Å². The Hall–Kier alpha value is -8.27. The number of hydrogen-bond donors (Lipinski definition) is 0. The van der Waals surface area contributed by atoms with Crippen LogP contribution in [-0.4, -0.2) is 4.98 Å². The van der Waals surface area contributed by atoms with Gasteiger partial charge in [0.15, 0.2) is 0 Å². The van der Waals surface area contributed by atoms with E-state index in [4.69, 9.17) is 0 Å². The molecule has 67 heavy (non-hydrogen) atoms. The summed E-state index contributed by atoms with van der Waals surface area (Å²) in [6, 6.07) is 84.4. The molecule has 0 N–H and O–H groups in total. The molecule has 3 nitrogen and oxygen atoms in total. The molecule has 0 radical (unpaired) electrons. The molecule has 0 fully saturated rings. The van der Waals surface area contributed by atoms with Gasteiger partial charge < -0.3 is 9.80 Å². The highest BCUT2D eigenvalue weighted by molar-refractivity contribution is 5.87. The normalized spacial score (nSPS) is 14.4. The lowest BCUT2D eigenvalue weighted by molar-refractivity contribution is 0.563. The Morgan fingerprint density at radius 2 is 0.776 bits per heavy atom. The molecular weight excluding hydrogens is 811 g/mol. The number of rotatable bonds is 9. The third-order valence-electron chi connectivity index (χ3n) is 14.0. The minimum Gasteiger partial charge on any atom is -0.311 e. The molecule has 2 aliphatic carbocycles. The van der Waals surface area contributed by atoms with Gasteiger partial charge in [0.1, 0.15) is 0 Å². The Morgan fingerprint density at radius 3 is 1.33 bits per heavy atom. The number of anilines is 6. The van der Waals surface area contributed by atoms with Crippen LogP contribution >= 0.6 is 0 Å². The summed E-state index contributed by atoms with van der Waals surface area (Å²) in [5.41, 5.74) is 24.7. The number of para-hydroxylation sites is 2. The smallest absolute Gasteiger partial charge is 0.0702 e. The zero-order valence-corrected chi connectivity index (χ0v) is 37.8. The highest BCUT2D eigenvalue weighted by Gasteiger charge is 2.47. The van der Waals surface area contributed by atoms with Gasteiger partial charge in [0.2, 0.25) is 0 Å². The number of aromatic nitrogens is 1. The standard InChI is InChI=1S/C64H49N3/c1-44-16-28-55(29-17-44)66(53-11-5-3-6-12-53)56-30-21-46(22-31-56)47-23-32-57(33-24-47)67(54-13-7-4-8-14-54)58-34-25-48(26-35-58)49-27-37-60-59-36-18-45(2)39-61(59)64(62(60)41-49)42-51-20-19-50(40-52(51)43-64)63-15-9-10-38-65-63/h3-41H,42-43H2,1-2H3. The van der Waals surface area contributed by atoms with Gasteiger partial charge in [-0.15, -0.1) is 0 Å². The summed E-state index contributed by atoms with van der Waals surface area (Å²) in [6.45, 7) is 4.36. The molecule has 1 spiro atoms. The van der Waals surface area contributed by atoms with Gasteiger partial charge in [-0.25, -0.2) is 0 Å². The van der Waals surface area contributed by atoms with E-state index in [1.165, 1.54) is 72.3 Å². The highest BCUT2D eigenvalue weighted by Crippen LogP contribution is 2.56. The van der Waals surface area contributed by atoms with Gasteiger partial charge in [-0.3, -0.25) is 4.98 Å². The summed E-state index contributed by atoms with van der Waals surface area (Å²) in [7, 11) is 0. The zero-order chi connectivity index (χ0) is 44.9. The van der Waals surface area contributed by atoms with Crippen LogP contribution in [0.1, 0.15) is 33.4 Å². The first-order valence-corrected chi connectivity index (χ1v) is 23.3. The summed E-state index contributed by atoms with van der Waals surface area (Å²) in [5, 5.41) is 0. The molecule has 9 aromatic carbocycles. The molecule has 320 valence electrons. The van der Waals surface area contributed by atoms with Crippen molar-refractivity contribution in [2.45, 2.75) is 32.1 Å². The van der Waals surface area contributed by atoms with Crippen LogP contribution in [0.2, 0.25) is 0 Å². The van der Waals surface area contributed by atoms with E-state index in [-0.39, 0.29) is 5.41 Å². The lowest BCUT2D eigenvalue weighted by Gasteiger charge is -2.28. The van der Waals surface area contributed by atoms with Gasteiger partial charge in [0.25, 0.3) is 0 Å². The summed E-state index contributed by atoms with van der Waals surface area (Å²) in [4.78, 5) is 9.34.